The van der Waals surface area contributed by atoms with E-state index in [0.717, 1.165) is 44.2 Å². The van der Waals surface area contributed by atoms with E-state index in [0.29, 0.717) is 39.4 Å². The number of carbonyl (C=O) groups is 8. The van der Waals surface area contributed by atoms with Crippen LogP contribution in [0.1, 0.15) is 173 Å². The van der Waals surface area contributed by atoms with Crippen molar-refractivity contribution in [2.75, 3.05) is 10.6 Å². The predicted molar refractivity (Wildman–Crippen MR) is 390 cm³/mol. The third-order valence-electron chi connectivity index (χ3n) is 19.8. The van der Waals surface area contributed by atoms with Crippen LogP contribution >= 0.6 is 0 Å². The van der Waals surface area contributed by atoms with Crippen molar-refractivity contribution in [1.29, 1.82) is 0 Å². The monoisotopic (exact) mass is 1600 g/mol. The molecule has 0 unspecified atom stereocenters. The minimum atomic E-state index is -6.59. The SMILES string of the molecule is Cc1ccc(-c2ccc(NC(=O)c3cc(C(c4ccc(C(=O)O)c(C(=O)NC(C)(C)c5cc(C6(c7ccc(O)c(NC(=O)c8cc(C(c9ccc(C(=O)O)c(C(=O)NC(C)(C)C)c9)(C(F)(F)F)C(F)(F)F)ccc8C(=O)O)c7)c7ccccc7-c7ccccc76)ccc5O)c4)(C(F)(F)F)C(F)(F)F)ccc3C(=O)O)c(O)c2)cc1O. The van der Waals surface area contributed by atoms with Crippen LogP contribution < -0.4 is 21.3 Å². The van der Waals surface area contributed by atoms with Crippen LogP contribution in [0, 0.1) is 6.92 Å². The number of hydrogen-bond acceptors (Lipinski definition) is 12. The number of benzene rings is 10. The molecule has 0 saturated carbocycles. The van der Waals surface area contributed by atoms with Crippen molar-refractivity contribution in [2.24, 2.45) is 0 Å². The lowest BCUT2D eigenvalue weighted by molar-refractivity contribution is -0.290. The second-order valence-electron chi connectivity index (χ2n) is 28.5. The summed E-state index contributed by atoms with van der Waals surface area (Å²) in [4.78, 5) is 108. The lowest BCUT2D eigenvalue weighted by atomic mass is 9.67. The third-order valence-corrected chi connectivity index (χ3v) is 19.8. The lowest BCUT2D eigenvalue weighted by Crippen LogP contribution is -2.55. The molecular formula is C83H62F12N4O16. The van der Waals surface area contributed by atoms with E-state index in [4.69, 9.17) is 0 Å². The molecular weight excluding hydrogens is 1540 g/mol. The number of nitrogens with one attached hydrogen (secondary N) is 4. The number of hydrogen-bond donors (Lipinski definition) is 12. The first-order valence-electron chi connectivity index (χ1n) is 34.0. The van der Waals surface area contributed by atoms with E-state index in [-0.39, 0.29) is 94.7 Å². The Balaban J connectivity index is 1.00. The molecule has 0 atom stereocenters. The lowest BCUT2D eigenvalue weighted by Gasteiger charge is -2.39. The number of fused-ring (bicyclic) bond motifs is 3. The summed E-state index contributed by atoms with van der Waals surface area (Å²) in [5, 5.41) is 94.8. The number of phenolic OH excluding ortho intramolecular Hbond substituents is 4. The Bertz CT molecular complexity index is 5670. The van der Waals surface area contributed by atoms with Crippen LogP contribution in [-0.2, 0) is 21.8 Å². The van der Waals surface area contributed by atoms with E-state index in [1.165, 1.54) is 57.2 Å². The average molecular weight is 1600 g/mol. The average Bonchev–Trinajstić information content (AvgIpc) is 1.61. The van der Waals surface area contributed by atoms with Gasteiger partial charge in [-0.15, -0.1) is 0 Å². The number of carboxylic acids is 4. The molecule has 0 heterocycles. The first kappa shape index (κ1) is 82.3. The molecule has 12 N–H and O–H groups in total. The highest BCUT2D eigenvalue weighted by atomic mass is 19.4. The summed E-state index contributed by atoms with van der Waals surface area (Å²) in [6.07, 6.45) is -26.2. The van der Waals surface area contributed by atoms with Crippen molar-refractivity contribution in [2.45, 2.75) is 93.6 Å². The molecule has 10 aromatic rings. The smallest absolute Gasteiger partial charge is 0.411 e. The van der Waals surface area contributed by atoms with Crippen LogP contribution in [0.4, 0.5) is 64.1 Å². The molecule has 0 aliphatic heterocycles. The highest BCUT2D eigenvalue weighted by Gasteiger charge is 2.74. The molecule has 10 aromatic carbocycles. The Kier molecular flexibility index (Phi) is 20.8. The van der Waals surface area contributed by atoms with E-state index in [2.05, 4.69) is 21.3 Å². The van der Waals surface area contributed by atoms with Gasteiger partial charge in [0, 0.05) is 11.1 Å². The number of aromatic hydroxyl groups is 4. The molecule has 0 aromatic heterocycles. The van der Waals surface area contributed by atoms with Crippen LogP contribution in [0.5, 0.6) is 23.0 Å². The van der Waals surface area contributed by atoms with Gasteiger partial charge < -0.3 is 62.1 Å². The summed E-state index contributed by atoms with van der Waals surface area (Å²) in [6, 6.07) is 29.1. The van der Waals surface area contributed by atoms with Gasteiger partial charge in [0.25, 0.3) is 23.6 Å². The fourth-order valence-electron chi connectivity index (χ4n) is 14.5. The minimum Gasteiger partial charge on any atom is -0.508 e. The number of rotatable bonds is 19. The molecule has 1 aliphatic carbocycles. The van der Waals surface area contributed by atoms with E-state index in [1.54, 1.807) is 61.5 Å². The molecule has 0 spiro atoms. The van der Waals surface area contributed by atoms with Crippen LogP contribution in [-0.4, -0.2) is 119 Å². The molecule has 1 aliphatic rings. The number of halogens is 12. The van der Waals surface area contributed by atoms with Gasteiger partial charge in [-0.25, -0.2) is 19.2 Å². The quantitative estimate of drug-likeness (QED) is 0.0264. The molecule has 115 heavy (non-hydrogen) atoms. The van der Waals surface area contributed by atoms with Crippen LogP contribution in [0.2, 0.25) is 0 Å². The minimum absolute atomic E-state index is 0.00895. The van der Waals surface area contributed by atoms with Gasteiger partial charge >= 0.3 is 48.6 Å². The maximum Gasteiger partial charge on any atom is 0.411 e. The number of carboxylic acid groups (broad SMARTS) is 4. The zero-order valence-electron chi connectivity index (χ0n) is 60.4. The van der Waals surface area contributed by atoms with Gasteiger partial charge in [-0.3, -0.25) is 19.2 Å². The number of aromatic carboxylic acids is 4. The Morgan fingerprint density at radius 1 is 0.330 bits per heavy atom. The van der Waals surface area contributed by atoms with Crippen LogP contribution in [0.25, 0.3) is 22.3 Å². The van der Waals surface area contributed by atoms with Gasteiger partial charge in [-0.05, 0) is 205 Å². The molecule has 0 fully saturated rings. The molecule has 0 saturated heterocycles. The number of carbonyl (C=O) groups excluding carboxylic acids is 4. The highest BCUT2D eigenvalue weighted by Crippen LogP contribution is 2.61. The molecule has 11 rings (SSSR count). The van der Waals surface area contributed by atoms with Crippen molar-refractivity contribution < 1.29 is 132 Å². The second kappa shape index (κ2) is 29.1. The zero-order valence-corrected chi connectivity index (χ0v) is 60.4. The topological polar surface area (TPSA) is 347 Å². The largest absolute Gasteiger partial charge is 0.508 e. The third kappa shape index (κ3) is 14.3. The maximum atomic E-state index is 16.2. The van der Waals surface area contributed by atoms with Crippen molar-refractivity contribution >= 4 is 58.9 Å². The van der Waals surface area contributed by atoms with E-state index in [9.17, 15) is 79.2 Å². The molecule has 32 heteroatoms. The highest BCUT2D eigenvalue weighted by molar-refractivity contribution is 6.13. The van der Waals surface area contributed by atoms with Crippen LogP contribution in [0.15, 0.2) is 194 Å². The van der Waals surface area contributed by atoms with Crippen molar-refractivity contribution in [1.82, 2.24) is 10.6 Å². The summed E-state index contributed by atoms with van der Waals surface area (Å²) in [5.74, 6) is -17.2. The maximum absolute atomic E-state index is 16.2. The van der Waals surface area contributed by atoms with Gasteiger partial charge in [0.05, 0.1) is 66.8 Å². The number of anilines is 2. The first-order chi connectivity index (χ1) is 53.4. The van der Waals surface area contributed by atoms with Gasteiger partial charge in [-0.1, -0.05) is 103 Å². The number of aryl methyl sites for hydroxylation is 1. The Morgan fingerprint density at radius 2 is 0.678 bits per heavy atom. The molecule has 4 amide bonds. The number of amides is 4. The van der Waals surface area contributed by atoms with E-state index in [1.807, 2.05) is 0 Å². The van der Waals surface area contributed by atoms with Crippen molar-refractivity contribution in [3.63, 3.8) is 0 Å². The standard InChI is InChI=1S/C83H62F12N4O16/c1-39-15-16-40(31-65(39)102)41-17-28-61(66(103)32-41)96-67(104)54-33-44(18-24-50(54)71(108)109)79(82(90,91)92,83(93,94)95)47-21-27-53(74(114)115)57(36-47)70(107)99-76(5,6)60-37-42(22-29-63(60)100)77(58-13-9-7-11-48(58)49-12-8-10-14-59(49)77)43-23-30-64(101)62(38-43)97-68(105)55-34-45(19-25-51(55)72(110)111)78(80(84,85)86,81(87,88)89)46-20-26-52(73(112)113)56(35-46)69(106)98-75(2,3)4/h7-38,100-103H,1-6H3,(H,96,104)(H,97,105)(H,98,106)(H,99,107)(H,108,109)(H,110,111)(H,112,113)(H,114,115). The fraction of sp³-hybridized carbons (Fsp3) is 0.181. The van der Waals surface area contributed by atoms with E-state index >= 15 is 52.7 Å². The first-order valence-corrected chi connectivity index (χ1v) is 34.0. The van der Waals surface area contributed by atoms with Gasteiger partial charge in [0.15, 0.2) is 0 Å². The van der Waals surface area contributed by atoms with Crippen molar-refractivity contribution in [3.8, 4) is 45.3 Å². The zero-order chi connectivity index (χ0) is 84.7. The van der Waals surface area contributed by atoms with Crippen molar-refractivity contribution in [3.05, 3.63) is 294 Å². The summed E-state index contributed by atoms with van der Waals surface area (Å²) in [5.41, 5.74) is -32.2. The Hall–Kier alpha value is -13.7. The number of alkyl halides is 12. The predicted octanol–water partition coefficient (Wildman–Crippen LogP) is 17.2. The summed E-state index contributed by atoms with van der Waals surface area (Å²) >= 11 is 0. The molecule has 0 radical (unpaired) electrons. The fourth-order valence-corrected chi connectivity index (χ4v) is 14.5. The second-order valence-corrected chi connectivity index (χ2v) is 28.5. The summed E-state index contributed by atoms with van der Waals surface area (Å²) in [6.45, 7) is 8.02. The Morgan fingerprint density at radius 3 is 1.05 bits per heavy atom. The van der Waals surface area contributed by atoms with Crippen LogP contribution in [0.3, 0.4) is 0 Å². The Labute approximate surface area is 642 Å². The molecule has 0 bridgehead atoms. The van der Waals surface area contributed by atoms with Gasteiger partial charge in [0.2, 0.25) is 10.8 Å². The molecule has 20 nitrogen and oxygen atoms in total. The van der Waals surface area contributed by atoms with Gasteiger partial charge in [-0.2, -0.15) is 52.7 Å². The summed E-state index contributed by atoms with van der Waals surface area (Å²) < 4.78 is 193. The normalized spacial score (nSPS) is 13.1. The van der Waals surface area contributed by atoms with E-state index < -0.39 is 195 Å². The van der Waals surface area contributed by atoms with Gasteiger partial charge in [0.1, 0.15) is 23.0 Å². The molecule has 594 valence electrons. The number of phenols is 4. The summed E-state index contributed by atoms with van der Waals surface area (Å²) in [7, 11) is 0.